The van der Waals surface area contributed by atoms with Crippen molar-refractivity contribution in [3.63, 3.8) is 0 Å². The number of fused-ring (bicyclic) bond motifs is 1. The molecule has 1 heterocycles. The number of ether oxygens (including phenoxy) is 3. The highest BCUT2D eigenvalue weighted by Crippen LogP contribution is 2.34. The summed E-state index contributed by atoms with van der Waals surface area (Å²) in [5.74, 6) is 1.79. The van der Waals surface area contributed by atoms with Gasteiger partial charge in [0.15, 0.2) is 6.79 Å². The molecule has 0 amide bonds. The SMILES string of the molecule is COCOc1cc(CCc2ccccc2)cc2c1CC=C(C)CO2. The molecule has 24 heavy (non-hydrogen) atoms. The van der Waals surface area contributed by atoms with Gasteiger partial charge in [0, 0.05) is 12.7 Å². The zero-order valence-electron chi connectivity index (χ0n) is 14.4. The molecule has 0 unspecified atom stereocenters. The van der Waals surface area contributed by atoms with E-state index in [1.165, 1.54) is 16.7 Å². The molecular weight excluding hydrogens is 300 g/mol. The number of hydrogen-bond acceptors (Lipinski definition) is 3. The molecular formula is C21H24O3. The van der Waals surface area contributed by atoms with E-state index in [0.717, 1.165) is 36.3 Å². The number of methoxy groups -OCH3 is 1. The van der Waals surface area contributed by atoms with Gasteiger partial charge in [-0.15, -0.1) is 0 Å². The van der Waals surface area contributed by atoms with Gasteiger partial charge in [0.05, 0.1) is 0 Å². The number of hydrogen-bond donors (Lipinski definition) is 0. The molecule has 2 aromatic carbocycles. The molecule has 0 radical (unpaired) electrons. The molecule has 1 aliphatic rings. The van der Waals surface area contributed by atoms with Gasteiger partial charge in [0.1, 0.15) is 18.1 Å². The Hall–Kier alpha value is -2.26. The fourth-order valence-corrected chi connectivity index (χ4v) is 2.86. The monoisotopic (exact) mass is 324 g/mol. The maximum atomic E-state index is 5.98. The molecule has 0 bridgehead atoms. The van der Waals surface area contributed by atoms with Gasteiger partial charge in [0.25, 0.3) is 0 Å². The number of allylic oxidation sites excluding steroid dienone is 1. The van der Waals surface area contributed by atoms with Crippen molar-refractivity contribution in [1.29, 1.82) is 0 Å². The second kappa shape index (κ2) is 8.02. The van der Waals surface area contributed by atoms with Crippen molar-refractivity contribution in [1.82, 2.24) is 0 Å². The minimum Gasteiger partial charge on any atom is -0.489 e. The normalized spacial score (nSPS) is 13.5. The van der Waals surface area contributed by atoms with Gasteiger partial charge in [0.2, 0.25) is 0 Å². The fourth-order valence-electron chi connectivity index (χ4n) is 2.86. The van der Waals surface area contributed by atoms with Crippen molar-refractivity contribution in [2.24, 2.45) is 0 Å². The van der Waals surface area contributed by atoms with Crippen LogP contribution in [0.15, 0.2) is 54.1 Å². The zero-order valence-corrected chi connectivity index (χ0v) is 14.4. The largest absolute Gasteiger partial charge is 0.489 e. The van der Waals surface area contributed by atoms with Crippen LogP contribution in [0.1, 0.15) is 23.6 Å². The van der Waals surface area contributed by atoms with E-state index in [1.54, 1.807) is 7.11 Å². The van der Waals surface area contributed by atoms with E-state index in [-0.39, 0.29) is 6.79 Å². The average molecular weight is 324 g/mol. The van der Waals surface area contributed by atoms with E-state index >= 15 is 0 Å². The molecule has 1 aliphatic heterocycles. The molecule has 3 rings (SSSR count). The van der Waals surface area contributed by atoms with E-state index in [1.807, 2.05) is 6.07 Å². The first-order chi connectivity index (χ1) is 11.8. The van der Waals surface area contributed by atoms with Gasteiger partial charge in [-0.25, -0.2) is 0 Å². The van der Waals surface area contributed by atoms with Crippen LogP contribution in [0.4, 0.5) is 0 Å². The van der Waals surface area contributed by atoms with Gasteiger partial charge in [-0.2, -0.15) is 0 Å². The summed E-state index contributed by atoms with van der Waals surface area (Å²) in [4.78, 5) is 0. The molecule has 0 aromatic heterocycles. The standard InChI is InChI=1S/C21H24O3/c1-16-8-11-19-20(23-14-16)12-18(13-21(19)24-15-22-2)10-9-17-6-4-3-5-7-17/h3-8,12-13H,9-11,14-15H2,1-2H3. The van der Waals surface area contributed by atoms with Crippen molar-refractivity contribution >= 4 is 0 Å². The lowest BCUT2D eigenvalue weighted by Gasteiger charge is -2.16. The van der Waals surface area contributed by atoms with Gasteiger partial charge in [-0.3, -0.25) is 0 Å². The summed E-state index contributed by atoms with van der Waals surface area (Å²) in [7, 11) is 1.64. The quantitative estimate of drug-likeness (QED) is 0.584. The van der Waals surface area contributed by atoms with Crippen LogP contribution in [0.25, 0.3) is 0 Å². The van der Waals surface area contributed by atoms with E-state index in [2.05, 4.69) is 49.4 Å². The van der Waals surface area contributed by atoms with Crippen LogP contribution in [0.3, 0.4) is 0 Å². The summed E-state index contributed by atoms with van der Waals surface area (Å²) in [6.07, 6.45) is 4.99. The maximum Gasteiger partial charge on any atom is 0.188 e. The first-order valence-electron chi connectivity index (χ1n) is 8.36. The van der Waals surface area contributed by atoms with Crippen molar-refractivity contribution in [3.8, 4) is 11.5 Å². The fraction of sp³-hybridized carbons (Fsp3) is 0.333. The van der Waals surface area contributed by atoms with Crippen LogP contribution < -0.4 is 9.47 Å². The summed E-state index contributed by atoms with van der Waals surface area (Å²) in [5, 5.41) is 0. The highest BCUT2D eigenvalue weighted by molar-refractivity contribution is 5.50. The molecule has 0 saturated carbocycles. The van der Waals surface area contributed by atoms with Crippen LogP contribution in [0.2, 0.25) is 0 Å². The predicted octanol–water partition coefficient (Wildman–Crippen LogP) is 4.34. The summed E-state index contributed by atoms with van der Waals surface area (Å²) >= 11 is 0. The second-order valence-corrected chi connectivity index (χ2v) is 6.15. The highest BCUT2D eigenvalue weighted by atomic mass is 16.7. The first-order valence-corrected chi connectivity index (χ1v) is 8.36. The summed E-state index contributed by atoms with van der Waals surface area (Å²) in [6, 6.07) is 14.8. The molecule has 0 saturated heterocycles. The van der Waals surface area contributed by atoms with E-state index in [0.29, 0.717) is 6.61 Å². The van der Waals surface area contributed by atoms with Crippen molar-refractivity contribution in [2.75, 3.05) is 20.5 Å². The number of benzene rings is 2. The van der Waals surface area contributed by atoms with Crippen molar-refractivity contribution in [2.45, 2.75) is 26.2 Å². The van der Waals surface area contributed by atoms with E-state index in [4.69, 9.17) is 14.2 Å². The Kier molecular flexibility index (Phi) is 5.55. The van der Waals surface area contributed by atoms with Gasteiger partial charge in [-0.1, -0.05) is 36.4 Å². The minimum atomic E-state index is 0.247. The Morgan fingerprint density at radius 2 is 1.83 bits per heavy atom. The Labute approximate surface area is 143 Å². The van der Waals surface area contributed by atoms with Crippen molar-refractivity contribution < 1.29 is 14.2 Å². The van der Waals surface area contributed by atoms with E-state index < -0.39 is 0 Å². The second-order valence-electron chi connectivity index (χ2n) is 6.15. The third-order valence-corrected chi connectivity index (χ3v) is 4.22. The smallest absolute Gasteiger partial charge is 0.188 e. The van der Waals surface area contributed by atoms with Crippen molar-refractivity contribution in [3.05, 3.63) is 70.8 Å². The molecule has 0 N–H and O–H groups in total. The lowest BCUT2D eigenvalue weighted by molar-refractivity contribution is 0.0503. The number of aryl methyl sites for hydroxylation is 2. The third kappa shape index (κ3) is 4.18. The lowest BCUT2D eigenvalue weighted by atomic mass is 10.0. The van der Waals surface area contributed by atoms with Gasteiger partial charge in [-0.05, 0) is 55.0 Å². The molecule has 3 nitrogen and oxygen atoms in total. The Morgan fingerprint density at radius 3 is 2.62 bits per heavy atom. The third-order valence-electron chi connectivity index (χ3n) is 4.22. The highest BCUT2D eigenvalue weighted by Gasteiger charge is 2.16. The van der Waals surface area contributed by atoms with Crippen LogP contribution in [-0.2, 0) is 24.0 Å². The predicted molar refractivity (Wildman–Crippen MR) is 95.8 cm³/mol. The average Bonchev–Trinajstić information content (AvgIpc) is 2.81. The Bertz CT molecular complexity index is 705. The summed E-state index contributed by atoms with van der Waals surface area (Å²) in [5.41, 5.74) is 4.91. The first kappa shape index (κ1) is 16.6. The lowest BCUT2D eigenvalue weighted by Crippen LogP contribution is -2.05. The summed E-state index contributed by atoms with van der Waals surface area (Å²) in [6.45, 7) is 2.98. The molecule has 0 spiro atoms. The Balaban J connectivity index is 1.83. The zero-order chi connectivity index (χ0) is 16.8. The molecule has 0 atom stereocenters. The molecule has 2 aromatic rings. The molecule has 0 fully saturated rings. The van der Waals surface area contributed by atoms with Gasteiger partial charge >= 0.3 is 0 Å². The van der Waals surface area contributed by atoms with Crippen LogP contribution in [-0.4, -0.2) is 20.5 Å². The molecule has 3 heteroatoms. The van der Waals surface area contributed by atoms with Crippen LogP contribution >= 0.6 is 0 Å². The summed E-state index contributed by atoms with van der Waals surface area (Å²) < 4.78 is 16.9. The maximum absolute atomic E-state index is 5.98. The van der Waals surface area contributed by atoms with Gasteiger partial charge < -0.3 is 14.2 Å². The molecule has 126 valence electrons. The van der Waals surface area contributed by atoms with E-state index in [9.17, 15) is 0 Å². The number of rotatable bonds is 6. The topological polar surface area (TPSA) is 27.7 Å². The van der Waals surface area contributed by atoms with Crippen LogP contribution in [0, 0.1) is 0 Å². The minimum absolute atomic E-state index is 0.247. The Morgan fingerprint density at radius 1 is 1.04 bits per heavy atom. The van der Waals surface area contributed by atoms with Crippen LogP contribution in [0.5, 0.6) is 11.5 Å². The molecule has 0 aliphatic carbocycles.